The molecule has 0 aromatic rings. The van der Waals surface area contributed by atoms with Crippen molar-refractivity contribution < 1.29 is 16.1 Å². The minimum Gasteiger partial charge on any atom is -0.480 e. The van der Waals surface area contributed by atoms with Crippen LogP contribution in [0.2, 0.25) is 0 Å². The number of hydrogen-bond donors (Lipinski definition) is 2. The Labute approximate surface area is 67.0 Å². The van der Waals surface area contributed by atoms with E-state index in [0.29, 0.717) is 6.42 Å². The maximum absolute atomic E-state index is 10.5. The molecule has 4 nitrogen and oxygen atoms in total. The van der Waals surface area contributed by atoms with Crippen molar-refractivity contribution in [3.63, 3.8) is 0 Å². The van der Waals surface area contributed by atoms with Crippen LogP contribution in [0.3, 0.4) is 0 Å². The van der Waals surface area contributed by atoms with E-state index in [2.05, 4.69) is 0 Å². The van der Waals surface area contributed by atoms with Crippen molar-refractivity contribution in [1.29, 1.82) is 0 Å². The third-order valence-corrected chi connectivity index (χ3v) is 1.24. The Hall–Kier alpha value is -1.06. The zero-order valence-corrected chi connectivity index (χ0v) is 6.63. The molecule has 1 atom stereocenters. The van der Waals surface area contributed by atoms with Gasteiger partial charge in [0.25, 0.3) is 0 Å². The first-order chi connectivity index (χ1) is 5.43. The van der Waals surface area contributed by atoms with Gasteiger partial charge in [-0.2, -0.15) is 0 Å². The van der Waals surface area contributed by atoms with Gasteiger partial charge in [0.2, 0.25) is 6.39 Å². The molecule has 11 heavy (non-hydrogen) atoms. The van der Waals surface area contributed by atoms with Gasteiger partial charge in [0.05, 0.1) is 0 Å². The predicted octanol–water partition coefficient (Wildman–Crippen LogP) is 0.232. The number of carbonyl (C=O) groups is 2. The van der Waals surface area contributed by atoms with Gasteiger partial charge in [-0.1, -0.05) is 13.8 Å². The molecule has 64 valence electrons. The molecule has 0 aliphatic heterocycles. The summed E-state index contributed by atoms with van der Waals surface area (Å²) in [4.78, 5) is 20.7. The zero-order valence-electron chi connectivity index (χ0n) is 7.63. The SMILES string of the molecule is [2H]C(=O)N[C@@H](CC(C)C)C(=O)O. The summed E-state index contributed by atoms with van der Waals surface area (Å²) in [5, 5.41) is 10.6. The van der Waals surface area contributed by atoms with E-state index >= 15 is 0 Å². The predicted molar refractivity (Wildman–Crippen MR) is 40.1 cm³/mol. The Bertz CT molecular complexity index is 181. The number of hydrogen-bond acceptors (Lipinski definition) is 2. The van der Waals surface area contributed by atoms with Crippen molar-refractivity contribution in [3.05, 3.63) is 0 Å². The number of nitrogens with one attached hydrogen (secondary N) is 1. The molecule has 0 aromatic carbocycles. The second-order valence-electron chi connectivity index (χ2n) is 2.77. The normalized spacial score (nSPS) is 13.9. The van der Waals surface area contributed by atoms with Crippen molar-refractivity contribution in [2.45, 2.75) is 26.3 Å². The van der Waals surface area contributed by atoms with E-state index in [1.807, 2.05) is 19.2 Å². The molecule has 0 radical (unpaired) electrons. The molecule has 2 N–H and O–H groups in total. The van der Waals surface area contributed by atoms with Gasteiger partial charge < -0.3 is 10.4 Å². The minimum absolute atomic E-state index is 0.179. The van der Waals surface area contributed by atoms with Crippen molar-refractivity contribution in [1.82, 2.24) is 5.32 Å². The fourth-order valence-corrected chi connectivity index (χ4v) is 0.764. The van der Waals surface area contributed by atoms with Crippen molar-refractivity contribution >= 4 is 12.4 Å². The average Bonchev–Trinajstić information content (AvgIpc) is 1.83. The van der Waals surface area contributed by atoms with Gasteiger partial charge in [-0.05, 0) is 12.3 Å². The van der Waals surface area contributed by atoms with Crippen molar-refractivity contribution in [2.75, 3.05) is 0 Å². The van der Waals surface area contributed by atoms with Gasteiger partial charge in [0, 0.05) is 0 Å². The van der Waals surface area contributed by atoms with Crippen LogP contribution in [-0.2, 0) is 9.59 Å². The maximum Gasteiger partial charge on any atom is 0.326 e. The quantitative estimate of drug-likeness (QED) is 0.578. The molecule has 0 saturated heterocycles. The van der Waals surface area contributed by atoms with Crippen LogP contribution in [0.15, 0.2) is 0 Å². The van der Waals surface area contributed by atoms with Crippen LogP contribution < -0.4 is 5.32 Å². The van der Waals surface area contributed by atoms with Crippen molar-refractivity contribution in [3.8, 4) is 0 Å². The van der Waals surface area contributed by atoms with Gasteiger partial charge in [0.15, 0.2) is 0 Å². The van der Waals surface area contributed by atoms with Gasteiger partial charge >= 0.3 is 5.97 Å². The third kappa shape index (κ3) is 4.36. The molecule has 4 heteroatoms. The van der Waals surface area contributed by atoms with Crippen LogP contribution in [0.25, 0.3) is 0 Å². The van der Waals surface area contributed by atoms with E-state index in [-0.39, 0.29) is 5.92 Å². The Balaban J connectivity index is 4.04. The van der Waals surface area contributed by atoms with E-state index in [9.17, 15) is 9.59 Å². The lowest BCUT2D eigenvalue weighted by molar-refractivity contribution is -0.141. The van der Waals surface area contributed by atoms with E-state index in [1.54, 1.807) is 0 Å². The summed E-state index contributed by atoms with van der Waals surface area (Å²) in [5.41, 5.74) is 0. The molecule has 0 saturated carbocycles. The van der Waals surface area contributed by atoms with Crippen LogP contribution >= 0.6 is 0 Å². The summed E-state index contributed by atoms with van der Waals surface area (Å²) in [5.74, 6) is -0.915. The van der Waals surface area contributed by atoms with Crippen LogP contribution in [0.4, 0.5) is 0 Å². The largest absolute Gasteiger partial charge is 0.480 e. The summed E-state index contributed by atoms with van der Waals surface area (Å²) in [7, 11) is 0. The molecule has 0 heterocycles. The Morgan fingerprint density at radius 2 is 2.36 bits per heavy atom. The summed E-state index contributed by atoms with van der Waals surface area (Å²) >= 11 is 0. The highest BCUT2D eigenvalue weighted by molar-refractivity contribution is 5.76. The molecule has 0 unspecified atom stereocenters. The molecule has 0 bridgehead atoms. The van der Waals surface area contributed by atoms with E-state index in [4.69, 9.17) is 6.48 Å². The number of carboxylic acid groups (broad SMARTS) is 1. The fourth-order valence-electron chi connectivity index (χ4n) is 0.764. The lowest BCUT2D eigenvalue weighted by atomic mass is 10.0. The standard InChI is InChI=1S/C7H13NO3/c1-5(2)3-6(7(10)11)8-4-9/h4-6H,3H2,1-2H3,(H,8,9)(H,10,11)/t6-/m0/s1/i4D. The van der Waals surface area contributed by atoms with Crippen LogP contribution in [-0.4, -0.2) is 23.5 Å². The average molecular weight is 160 g/mol. The molecule has 0 aromatic heterocycles. The van der Waals surface area contributed by atoms with Crippen LogP contribution in [0, 0.1) is 5.92 Å². The van der Waals surface area contributed by atoms with Gasteiger partial charge in [-0.25, -0.2) is 4.79 Å². The Morgan fingerprint density at radius 3 is 2.64 bits per heavy atom. The second-order valence-corrected chi connectivity index (χ2v) is 2.77. The number of amides is 1. The molecule has 0 rings (SSSR count). The number of carboxylic acids is 1. The van der Waals surface area contributed by atoms with Crippen molar-refractivity contribution in [2.24, 2.45) is 5.92 Å². The van der Waals surface area contributed by atoms with Crippen LogP contribution in [0.5, 0.6) is 0 Å². The molecule has 1 amide bonds. The zero-order chi connectivity index (χ0) is 9.72. The topological polar surface area (TPSA) is 66.4 Å². The smallest absolute Gasteiger partial charge is 0.326 e. The maximum atomic E-state index is 10.5. The first kappa shape index (κ1) is 8.04. The second kappa shape index (κ2) is 4.71. The minimum atomic E-state index is -1.09. The molecule has 0 spiro atoms. The van der Waals surface area contributed by atoms with Gasteiger partial charge in [-0.15, -0.1) is 0 Å². The highest BCUT2D eigenvalue weighted by Gasteiger charge is 2.16. The molecular formula is C7H13NO3. The van der Waals surface area contributed by atoms with Crippen LogP contribution in [0.1, 0.15) is 21.6 Å². The fraction of sp³-hybridized carbons (Fsp3) is 0.714. The lowest BCUT2D eigenvalue weighted by Gasteiger charge is -2.12. The highest BCUT2D eigenvalue weighted by atomic mass is 16.4. The summed E-state index contributed by atoms with van der Waals surface area (Å²) in [6.45, 7) is 3.71. The number of rotatable bonds is 4. The number of carbonyl (C=O) groups excluding carboxylic acids is 1. The first-order valence-electron chi connectivity index (χ1n) is 3.93. The highest BCUT2D eigenvalue weighted by Crippen LogP contribution is 2.03. The number of aliphatic carboxylic acids is 1. The molecular weight excluding hydrogens is 146 g/mol. The Morgan fingerprint density at radius 1 is 1.82 bits per heavy atom. The molecule has 0 aliphatic rings. The van der Waals surface area contributed by atoms with E-state index in [1.165, 1.54) is 0 Å². The third-order valence-electron chi connectivity index (χ3n) is 1.24. The summed E-state index contributed by atoms with van der Waals surface area (Å²) < 4.78 is 6.53. The summed E-state index contributed by atoms with van der Waals surface area (Å²) in [6.07, 6.45) is -0.706. The summed E-state index contributed by atoms with van der Waals surface area (Å²) in [6, 6.07) is -0.935. The molecule has 0 aliphatic carbocycles. The molecule has 0 fully saturated rings. The van der Waals surface area contributed by atoms with Gasteiger partial charge in [-0.3, -0.25) is 4.79 Å². The first-order valence-corrected chi connectivity index (χ1v) is 3.43. The Kier molecular flexibility index (Phi) is 3.44. The van der Waals surface area contributed by atoms with E-state index < -0.39 is 18.4 Å². The monoisotopic (exact) mass is 160 g/mol. The van der Waals surface area contributed by atoms with Gasteiger partial charge in [0.1, 0.15) is 7.41 Å². The van der Waals surface area contributed by atoms with E-state index in [0.717, 1.165) is 0 Å². The lowest BCUT2D eigenvalue weighted by Crippen LogP contribution is -2.36.